The molecule has 1 N–H and O–H groups in total. The minimum Gasteiger partial charge on any atom is -0.452 e. The molecule has 3 rings (SSSR count). The van der Waals surface area contributed by atoms with Crippen LogP contribution >= 0.6 is 11.6 Å². The summed E-state index contributed by atoms with van der Waals surface area (Å²) in [4.78, 5) is 24.5. The number of carbonyl (C=O) groups excluding carboxylic acids is 2. The van der Waals surface area contributed by atoms with E-state index in [4.69, 9.17) is 16.3 Å². The minimum absolute atomic E-state index is 0.0217. The van der Waals surface area contributed by atoms with Gasteiger partial charge in [0.1, 0.15) is 16.5 Å². The number of amides is 1. The van der Waals surface area contributed by atoms with E-state index in [0.717, 1.165) is 5.56 Å². The van der Waals surface area contributed by atoms with Gasteiger partial charge in [0.15, 0.2) is 6.61 Å². The number of rotatable bonds is 5. The van der Waals surface area contributed by atoms with Crippen LogP contribution in [0.3, 0.4) is 0 Å². The first-order valence-electron chi connectivity index (χ1n) is 8.40. The normalized spacial score (nSPS) is 10.6. The zero-order valence-corrected chi connectivity index (χ0v) is 16.0. The second-order valence-corrected chi connectivity index (χ2v) is 6.44. The summed E-state index contributed by atoms with van der Waals surface area (Å²) < 4.78 is 19.5. The van der Waals surface area contributed by atoms with Gasteiger partial charge in [-0.3, -0.25) is 4.79 Å². The molecule has 1 amide bonds. The van der Waals surface area contributed by atoms with Gasteiger partial charge in [-0.05, 0) is 49.7 Å². The number of esters is 1. The van der Waals surface area contributed by atoms with E-state index in [0.29, 0.717) is 17.1 Å². The standard InChI is InChI=1S/C20H17ClFN3O3/c1-12-5-3-4-6-16(12)23-17(26)11-28-20(27)18-13(2)24-25(19(18)21)15-9-7-14(22)8-10-15/h3-10H,11H2,1-2H3,(H,23,26). The molecule has 0 saturated carbocycles. The molecule has 0 spiro atoms. The quantitative estimate of drug-likeness (QED) is 0.654. The summed E-state index contributed by atoms with van der Waals surface area (Å²) in [6, 6.07) is 12.7. The zero-order chi connectivity index (χ0) is 20.3. The Balaban J connectivity index is 1.70. The van der Waals surface area contributed by atoms with E-state index in [1.54, 1.807) is 19.1 Å². The Morgan fingerprint density at radius 3 is 2.50 bits per heavy atom. The number of aryl methyl sites for hydroxylation is 2. The van der Waals surface area contributed by atoms with Crippen LogP contribution in [0.4, 0.5) is 10.1 Å². The van der Waals surface area contributed by atoms with Crippen LogP contribution in [-0.4, -0.2) is 28.3 Å². The molecular weight excluding hydrogens is 385 g/mol. The molecule has 0 aliphatic heterocycles. The SMILES string of the molecule is Cc1ccccc1NC(=O)COC(=O)c1c(C)nn(-c2ccc(F)cc2)c1Cl. The lowest BCUT2D eigenvalue weighted by Crippen LogP contribution is -2.21. The van der Waals surface area contributed by atoms with Gasteiger partial charge in [0.2, 0.25) is 0 Å². The van der Waals surface area contributed by atoms with Crippen LogP contribution in [0.5, 0.6) is 0 Å². The van der Waals surface area contributed by atoms with Gasteiger partial charge < -0.3 is 10.1 Å². The van der Waals surface area contributed by atoms with E-state index in [1.807, 2.05) is 19.1 Å². The first kappa shape index (κ1) is 19.6. The maximum absolute atomic E-state index is 13.1. The van der Waals surface area contributed by atoms with Gasteiger partial charge in [-0.15, -0.1) is 0 Å². The molecule has 8 heteroatoms. The van der Waals surface area contributed by atoms with E-state index in [9.17, 15) is 14.0 Å². The van der Waals surface area contributed by atoms with Gasteiger partial charge in [-0.1, -0.05) is 29.8 Å². The van der Waals surface area contributed by atoms with E-state index in [2.05, 4.69) is 10.4 Å². The van der Waals surface area contributed by atoms with Crippen molar-refractivity contribution >= 4 is 29.2 Å². The van der Waals surface area contributed by atoms with Crippen molar-refractivity contribution in [2.24, 2.45) is 0 Å². The molecule has 0 aliphatic carbocycles. The summed E-state index contributed by atoms with van der Waals surface area (Å²) in [5.74, 6) is -1.64. The Hall–Kier alpha value is -3.19. The molecule has 0 atom stereocenters. The highest BCUT2D eigenvalue weighted by Gasteiger charge is 2.23. The van der Waals surface area contributed by atoms with Gasteiger partial charge in [0.05, 0.1) is 11.4 Å². The number of carbonyl (C=O) groups is 2. The fraction of sp³-hybridized carbons (Fsp3) is 0.150. The lowest BCUT2D eigenvalue weighted by molar-refractivity contribution is -0.119. The molecule has 2 aromatic carbocycles. The molecule has 28 heavy (non-hydrogen) atoms. The van der Waals surface area contributed by atoms with Crippen molar-refractivity contribution in [3.63, 3.8) is 0 Å². The van der Waals surface area contributed by atoms with Crippen molar-refractivity contribution in [2.45, 2.75) is 13.8 Å². The van der Waals surface area contributed by atoms with E-state index < -0.39 is 24.3 Å². The Bertz CT molecular complexity index is 1030. The molecule has 0 bridgehead atoms. The average molecular weight is 402 g/mol. The molecule has 0 radical (unpaired) electrons. The second-order valence-electron chi connectivity index (χ2n) is 6.08. The monoisotopic (exact) mass is 401 g/mol. The van der Waals surface area contributed by atoms with Crippen LogP contribution in [0, 0.1) is 19.7 Å². The predicted octanol–water partition coefficient (Wildman–Crippen LogP) is 4.08. The van der Waals surface area contributed by atoms with Crippen molar-refractivity contribution in [2.75, 3.05) is 11.9 Å². The van der Waals surface area contributed by atoms with Gasteiger partial charge >= 0.3 is 5.97 Å². The summed E-state index contributed by atoms with van der Waals surface area (Å²) in [7, 11) is 0. The number of hydrogen-bond donors (Lipinski definition) is 1. The van der Waals surface area contributed by atoms with Gasteiger partial charge in [0, 0.05) is 5.69 Å². The first-order valence-corrected chi connectivity index (χ1v) is 8.78. The van der Waals surface area contributed by atoms with Crippen molar-refractivity contribution in [1.29, 1.82) is 0 Å². The topological polar surface area (TPSA) is 73.2 Å². The van der Waals surface area contributed by atoms with Crippen LogP contribution in [-0.2, 0) is 9.53 Å². The van der Waals surface area contributed by atoms with Gasteiger partial charge in [-0.2, -0.15) is 5.10 Å². The molecule has 3 aromatic rings. The van der Waals surface area contributed by atoms with E-state index >= 15 is 0 Å². The Morgan fingerprint density at radius 2 is 1.82 bits per heavy atom. The lowest BCUT2D eigenvalue weighted by atomic mass is 10.2. The fourth-order valence-corrected chi connectivity index (χ4v) is 2.94. The summed E-state index contributed by atoms with van der Waals surface area (Å²) in [5.41, 5.74) is 2.41. The smallest absolute Gasteiger partial charge is 0.343 e. The molecule has 6 nitrogen and oxygen atoms in total. The lowest BCUT2D eigenvalue weighted by Gasteiger charge is -2.08. The van der Waals surface area contributed by atoms with E-state index in [-0.39, 0.29) is 10.7 Å². The highest BCUT2D eigenvalue weighted by atomic mass is 35.5. The number of benzene rings is 2. The summed E-state index contributed by atoms with van der Waals surface area (Å²) in [5, 5.41) is 6.90. The summed E-state index contributed by atoms with van der Waals surface area (Å²) >= 11 is 6.27. The Labute approximate surface area is 165 Å². The number of nitrogens with one attached hydrogen (secondary N) is 1. The Kier molecular flexibility index (Phi) is 5.75. The van der Waals surface area contributed by atoms with Crippen LogP contribution in [0.25, 0.3) is 5.69 Å². The van der Waals surface area contributed by atoms with Crippen molar-refractivity contribution in [3.8, 4) is 5.69 Å². The van der Waals surface area contributed by atoms with Gasteiger partial charge in [0.25, 0.3) is 5.91 Å². The second kappa shape index (κ2) is 8.22. The zero-order valence-electron chi connectivity index (χ0n) is 15.2. The summed E-state index contributed by atoms with van der Waals surface area (Å²) in [6.07, 6.45) is 0. The third kappa shape index (κ3) is 4.20. The van der Waals surface area contributed by atoms with Crippen molar-refractivity contribution < 1.29 is 18.7 Å². The van der Waals surface area contributed by atoms with Crippen LogP contribution in [0.1, 0.15) is 21.6 Å². The number of hydrogen-bond acceptors (Lipinski definition) is 4. The third-order valence-electron chi connectivity index (χ3n) is 4.03. The largest absolute Gasteiger partial charge is 0.452 e. The Morgan fingerprint density at radius 1 is 1.14 bits per heavy atom. The number of anilines is 1. The van der Waals surface area contributed by atoms with Crippen LogP contribution < -0.4 is 5.32 Å². The molecule has 1 heterocycles. The van der Waals surface area contributed by atoms with Crippen molar-refractivity contribution in [3.05, 3.63) is 76.3 Å². The summed E-state index contributed by atoms with van der Waals surface area (Å²) in [6.45, 7) is 2.98. The number of aromatic nitrogens is 2. The van der Waals surface area contributed by atoms with Crippen LogP contribution in [0.15, 0.2) is 48.5 Å². The maximum atomic E-state index is 13.1. The number of para-hydroxylation sites is 1. The highest BCUT2D eigenvalue weighted by molar-refractivity contribution is 6.33. The molecule has 0 aliphatic rings. The highest BCUT2D eigenvalue weighted by Crippen LogP contribution is 2.24. The van der Waals surface area contributed by atoms with Gasteiger partial charge in [-0.25, -0.2) is 13.9 Å². The molecular formula is C20H17ClFN3O3. The average Bonchev–Trinajstić information content (AvgIpc) is 2.96. The van der Waals surface area contributed by atoms with Crippen LogP contribution in [0.2, 0.25) is 5.15 Å². The molecule has 0 unspecified atom stereocenters. The predicted molar refractivity (Wildman–Crippen MR) is 103 cm³/mol. The molecule has 144 valence electrons. The first-order chi connectivity index (χ1) is 13.4. The minimum atomic E-state index is -0.768. The maximum Gasteiger partial charge on any atom is 0.343 e. The number of nitrogens with zero attached hydrogens (tertiary/aromatic N) is 2. The van der Waals surface area contributed by atoms with E-state index in [1.165, 1.54) is 28.9 Å². The molecule has 1 aromatic heterocycles. The van der Waals surface area contributed by atoms with Crippen molar-refractivity contribution in [1.82, 2.24) is 9.78 Å². The molecule has 0 fully saturated rings. The fourth-order valence-electron chi connectivity index (χ4n) is 2.59. The molecule has 0 saturated heterocycles. The number of ether oxygens (including phenoxy) is 1. The number of halogens is 2. The third-order valence-corrected chi connectivity index (χ3v) is 4.38.